The van der Waals surface area contributed by atoms with E-state index in [9.17, 15) is 18.7 Å². The summed E-state index contributed by atoms with van der Waals surface area (Å²) in [5, 5.41) is 9.39. The van der Waals surface area contributed by atoms with Crippen LogP contribution in [0.5, 0.6) is 0 Å². The molecule has 0 amide bonds. The summed E-state index contributed by atoms with van der Waals surface area (Å²) >= 11 is 0.853. The van der Waals surface area contributed by atoms with Crippen molar-refractivity contribution in [3.63, 3.8) is 0 Å². The van der Waals surface area contributed by atoms with Gasteiger partial charge in [-0.25, -0.2) is 18.6 Å². The number of carbonyl (C=O) groups is 1. The molecule has 0 fully saturated rings. The van der Waals surface area contributed by atoms with Crippen LogP contribution in [0.1, 0.15) is 36.1 Å². The zero-order chi connectivity index (χ0) is 15.1. The molecule has 1 aromatic heterocycles. The van der Waals surface area contributed by atoms with Crippen molar-refractivity contribution in [1.82, 2.24) is 4.98 Å². The zero-order valence-corrected chi connectivity index (χ0v) is 12.0. The van der Waals surface area contributed by atoms with Crippen molar-refractivity contribution in [2.24, 2.45) is 0 Å². The number of aromatic nitrogens is 1. The minimum Gasteiger partial charge on any atom is -0.477 e. The molecule has 0 radical (unpaired) electrons. The molecule has 0 unspecified atom stereocenters. The van der Waals surface area contributed by atoms with E-state index in [0.29, 0.717) is 5.69 Å². The summed E-state index contributed by atoms with van der Waals surface area (Å²) in [6.07, 6.45) is 0. The molecule has 0 atom stereocenters. The van der Waals surface area contributed by atoms with Crippen LogP contribution in [0.2, 0.25) is 0 Å². The third kappa shape index (κ3) is 2.70. The van der Waals surface area contributed by atoms with Gasteiger partial charge in [0, 0.05) is 11.0 Å². The van der Waals surface area contributed by atoms with Crippen molar-refractivity contribution in [3.8, 4) is 10.6 Å². The maximum Gasteiger partial charge on any atom is 0.347 e. The normalized spacial score (nSPS) is 11.7. The number of hydrogen-bond acceptors (Lipinski definition) is 3. The topological polar surface area (TPSA) is 50.2 Å². The van der Waals surface area contributed by atoms with Crippen LogP contribution in [-0.4, -0.2) is 16.1 Å². The fourth-order valence-corrected chi connectivity index (χ4v) is 2.88. The van der Waals surface area contributed by atoms with Gasteiger partial charge in [-0.15, -0.1) is 11.3 Å². The second kappa shape index (κ2) is 4.94. The first kappa shape index (κ1) is 14.6. The van der Waals surface area contributed by atoms with Gasteiger partial charge in [-0.3, -0.25) is 0 Å². The molecule has 1 heterocycles. The van der Waals surface area contributed by atoms with Gasteiger partial charge in [-0.1, -0.05) is 20.8 Å². The van der Waals surface area contributed by atoms with E-state index in [4.69, 9.17) is 0 Å². The number of aromatic carboxylic acids is 1. The molecule has 6 heteroatoms. The second-order valence-corrected chi connectivity index (χ2v) is 6.38. The Balaban J connectivity index is 2.65. The molecule has 2 aromatic rings. The van der Waals surface area contributed by atoms with E-state index < -0.39 is 23.0 Å². The van der Waals surface area contributed by atoms with Crippen LogP contribution in [-0.2, 0) is 5.41 Å². The van der Waals surface area contributed by atoms with Gasteiger partial charge in [0.2, 0.25) is 0 Å². The summed E-state index contributed by atoms with van der Waals surface area (Å²) in [5.41, 5.74) is -0.145. The van der Waals surface area contributed by atoms with Crippen LogP contribution >= 0.6 is 11.3 Å². The van der Waals surface area contributed by atoms with Gasteiger partial charge in [0.25, 0.3) is 0 Å². The lowest BCUT2D eigenvalue weighted by Crippen LogP contribution is -2.16. The Labute approximate surface area is 118 Å². The lowest BCUT2D eigenvalue weighted by atomic mass is 9.91. The number of nitrogens with zero attached hydrogens (tertiary/aromatic N) is 1. The van der Waals surface area contributed by atoms with Crippen LogP contribution < -0.4 is 0 Å². The molecule has 1 aromatic carbocycles. The van der Waals surface area contributed by atoms with Gasteiger partial charge >= 0.3 is 5.97 Å². The highest BCUT2D eigenvalue weighted by molar-refractivity contribution is 7.17. The van der Waals surface area contributed by atoms with Crippen LogP contribution in [0.15, 0.2) is 18.2 Å². The largest absolute Gasteiger partial charge is 0.477 e. The first-order chi connectivity index (χ1) is 9.20. The number of halogens is 2. The highest BCUT2D eigenvalue weighted by atomic mass is 32.1. The Morgan fingerprint density at radius 3 is 2.45 bits per heavy atom. The van der Waals surface area contributed by atoms with Crippen molar-refractivity contribution < 1.29 is 18.7 Å². The van der Waals surface area contributed by atoms with Crippen LogP contribution in [0.4, 0.5) is 8.78 Å². The molecule has 0 aliphatic carbocycles. The molecule has 0 saturated heterocycles. The second-order valence-electron chi connectivity index (χ2n) is 5.38. The highest BCUT2D eigenvalue weighted by Gasteiger charge is 2.28. The fourth-order valence-electron chi connectivity index (χ4n) is 1.75. The smallest absolute Gasteiger partial charge is 0.347 e. The average molecular weight is 297 g/mol. The van der Waals surface area contributed by atoms with E-state index in [-0.39, 0.29) is 15.4 Å². The predicted molar refractivity (Wildman–Crippen MR) is 73.1 cm³/mol. The Morgan fingerprint density at radius 1 is 1.30 bits per heavy atom. The molecule has 0 aliphatic heterocycles. The Hall–Kier alpha value is -1.82. The summed E-state index contributed by atoms with van der Waals surface area (Å²) in [5.74, 6) is -2.33. The van der Waals surface area contributed by atoms with E-state index in [1.54, 1.807) is 0 Å². The molecule has 0 aliphatic rings. The maximum absolute atomic E-state index is 13.7. The fraction of sp³-hybridized carbons (Fsp3) is 0.286. The van der Waals surface area contributed by atoms with Crippen molar-refractivity contribution in [2.75, 3.05) is 0 Å². The van der Waals surface area contributed by atoms with Crippen LogP contribution in [0.25, 0.3) is 10.6 Å². The van der Waals surface area contributed by atoms with Crippen molar-refractivity contribution in [1.29, 1.82) is 0 Å². The summed E-state index contributed by atoms with van der Waals surface area (Å²) < 4.78 is 27.0. The molecule has 20 heavy (non-hydrogen) atoms. The first-order valence-electron chi connectivity index (χ1n) is 5.90. The van der Waals surface area contributed by atoms with E-state index in [2.05, 4.69) is 4.98 Å². The Morgan fingerprint density at radius 2 is 1.95 bits per heavy atom. The molecular weight excluding hydrogens is 284 g/mol. The Bertz CT molecular complexity index is 674. The van der Waals surface area contributed by atoms with Gasteiger partial charge in [-0.05, 0) is 18.2 Å². The minimum atomic E-state index is -1.12. The third-order valence-corrected chi connectivity index (χ3v) is 3.77. The van der Waals surface area contributed by atoms with E-state index in [0.717, 1.165) is 29.5 Å². The number of carboxylic acids is 1. The van der Waals surface area contributed by atoms with Gasteiger partial charge in [0.1, 0.15) is 21.5 Å². The zero-order valence-electron chi connectivity index (χ0n) is 11.2. The number of benzene rings is 1. The summed E-state index contributed by atoms with van der Waals surface area (Å²) in [6, 6.07) is 3.03. The lowest BCUT2D eigenvalue weighted by Gasteiger charge is -2.16. The monoisotopic (exact) mass is 297 g/mol. The number of carboxylic acid groups (broad SMARTS) is 1. The maximum atomic E-state index is 13.7. The minimum absolute atomic E-state index is 0.0204. The summed E-state index contributed by atoms with van der Waals surface area (Å²) in [7, 11) is 0. The van der Waals surface area contributed by atoms with E-state index in [1.807, 2.05) is 20.8 Å². The predicted octanol–water partition coefficient (Wildman–Crippen LogP) is 4.08. The SMILES string of the molecule is CC(C)(C)c1nc(-c2cc(F)ccc2F)sc1C(=O)O. The molecule has 2 rings (SSSR count). The first-order valence-corrected chi connectivity index (χ1v) is 6.72. The van der Waals surface area contributed by atoms with Gasteiger partial charge in [0.05, 0.1) is 5.69 Å². The number of thiazole rings is 1. The molecule has 3 nitrogen and oxygen atoms in total. The quantitative estimate of drug-likeness (QED) is 0.908. The van der Waals surface area contributed by atoms with Crippen LogP contribution in [0.3, 0.4) is 0 Å². The molecule has 106 valence electrons. The highest BCUT2D eigenvalue weighted by Crippen LogP contribution is 2.35. The molecule has 0 saturated carbocycles. The molecule has 0 bridgehead atoms. The van der Waals surface area contributed by atoms with Crippen molar-refractivity contribution in [2.45, 2.75) is 26.2 Å². The number of hydrogen-bond donors (Lipinski definition) is 1. The van der Waals surface area contributed by atoms with Crippen molar-refractivity contribution >= 4 is 17.3 Å². The van der Waals surface area contributed by atoms with Crippen LogP contribution in [0, 0.1) is 11.6 Å². The van der Waals surface area contributed by atoms with Gasteiger partial charge < -0.3 is 5.11 Å². The molecular formula is C14H13F2NO2S. The Kier molecular flexibility index (Phi) is 3.60. The van der Waals surface area contributed by atoms with Gasteiger partial charge in [-0.2, -0.15) is 0 Å². The number of rotatable bonds is 2. The molecule has 1 N–H and O–H groups in total. The lowest BCUT2D eigenvalue weighted by molar-refractivity contribution is 0.0699. The van der Waals surface area contributed by atoms with E-state index in [1.165, 1.54) is 0 Å². The standard InChI is InChI=1S/C14H13F2NO2S/c1-14(2,3)11-10(13(18)19)20-12(17-11)8-6-7(15)4-5-9(8)16/h4-6H,1-3H3,(H,18,19). The van der Waals surface area contributed by atoms with Gasteiger partial charge in [0.15, 0.2) is 0 Å². The summed E-state index contributed by atoms with van der Waals surface area (Å²) in [4.78, 5) is 15.5. The molecule has 0 spiro atoms. The average Bonchev–Trinajstić information content (AvgIpc) is 2.77. The van der Waals surface area contributed by atoms with E-state index >= 15 is 0 Å². The van der Waals surface area contributed by atoms with Crippen molar-refractivity contribution in [3.05, 3.63) is 40.4 Å². The third-order valence-electron chi connectivity index (χ3n) is 2.69. The summed E-state index contributed by atoms with van der Waals surface area (Å²) in [6.45, 7) is 5.46.